The molecule has 1 aromatic carbocycles. The van der Waals surface area contributed by atoms with E-state index in [9.17, 15) is 13.6 Å². The van der Waals surface area contributed by atoms with Crippen LogP contribution in [0.2, 0.25) is 0 Å². The first-order chi connectivity index (χ1) is 8.95. The molecule has 0 aliphatic carbocycles. The fraction of sp³-hybridized carbons (Fsp3) is 0.308. The largest absolute Gasteiger partial charge is 0.478 e. The first kappa shape index (κ1) is 15.1. The quantitative estimate of drug-likeness (QED) is 0.805. The third-order valence-corrected chi connectivity index (χ3v) is 2.47. The molecular weight excluding hydrogens is 256 g/mol. The normalized spacial score (nSPS) is 10.9. The van der Waals surface area contributed by atoms with Crippen LogP contribution in [0.3, 0.4) is 0 Å². The van der Waals surface area contributed by atoms with Gasteiger partial charge in [-0.1, -0.05) is 0 Å². The molecule has 19 heavy (non-hydrogen) atoms. The number of likely N-dealkylation sites (N-methyl/N-ethyl adjacent to an activating group) is 1. The van der Waals surface area contributed by atoms with Crippen molar-refractivity contribution in [2.24, 2.45) is 0 Å². The maximum absolute atomic E-state index is 13.8. The van der Waals surface area contributed by atoms with Crippen molar-refractivity contribution in [2.45, 2.75) is 0 Å². The van der Waals surface area contributed by atoms with Gasteiger partial charge in [0.25, 0.3) is 0 Å². The lowest BCUT2D eigenvalue weighted by molar-refractivity contribution is -0.131. The lowest BCUT2D eigenvalue weighted by atomic mass is 10.1. The number of aliphatic carboxylic acids is 1. The molecule has 0 unspecified atom stereocenters. The highest BCUT2D eigenvalue weighted by Gasteiger charge is 2.14. The van der Waals surface area contributed by atoms with Crippen LogP contribution < -0.4 is 4.90 Å². The summed E-state index contributed by atoms with van der Waals surface area (Å²) in [5.74, 6) is -2.67. The van der Waals surface area contributed by atoms with Crippen molar-refractivity contribution in [1.82, 2.24) is 0 Å². The fourth-order valence-electron chi connectivity index (χ4n) is 1.55. The molecule has 0 spiro atoms. The fourth-order valence-corrected chi connectivity index (χ4v) is 1.55. The Bertz CT molecular complexity index is 466. The van der Waals surface area contributed by atoms with Crippen LogP contribution in [0.1, 0.15) is 5.56 Å². The number of carbonyl (C=O) groups is 1. The number of hydrogen-bond acceptors (Lipinski definition) is 3. The Morgan fingerprint density at radius 2 is 2.00 bits per heavy atom. The highest BCUT2D eigenvalue weighted by atomic mass is 19.1. The Morgan fingerprint density at radius 1 is 1.42 bits per heavy atom. The minimum Gasteiger partial charge on any atom is -0.478 e. The van der Waals surface area contributed by atoms with Gasteiger partial charge in [0.05, 0.1) is 6.61 Å². The number of rotatable bonds is 6. The first-order valence-corrected chi connectivity index (χ1v) is 5.56. The molecule has 0 amide bonds. The zero-order valence-electron chi connectivity index (χ0n) is 10.7. The van der Waals surface area contributed by atoms with Gasteiger partial charge in [-0.25, -0.2) is 13.6 Å². The SMILES string of the molecule is COCCN(C)c1c(F)cc(C=CC(=O)O)cc1F. The Balaban J connectivity index is 3.00. The van der Waals surface area contributed by atoms with Gasteiger partial charge in [-0.3, -0.25) is 0 Å². The van der Waals surface area contributed by atoms with E-state index in [0.29, 0.717) is 13.2 Å². The molecule has 0 aliphatic rings. The summed E-state index contributed by atoms with van der Waals surface area (Å²) in [4.78, 5) is 11.7. The molecule has 6 heteroatoms. The summed E-state index contributed by atoms with van der Waals surface area (Å²) >= 11 is 0. The van der Waals surface area contributed by atoms with Crippen LogP contribution in [-0.2, 0) is 9.53 Å². The summed E-state index contributed by atoms with van der Waals surface area (Å²) in [6.07, 6.45) is 1.95. The summed E-state index contributed by atoms with van der Waals surface area (Å²) < 4.78 is 32.5. The summed E-state index contributed by atoms with van der Waals surface area (Å²) in [6.45, 7) is 0.685. The van der Waals surface area contributed by atoms with Gasteiger partial charge >= 0.3 is 5.97 Å². The minimum absolute atomic E-state index is 0.154. The molecule has 0 aliphatic heterocycles. The van der Waals surface area contributed by atoms with E-state index in [1.54, 1.807) is 7.05 Å². The number of halogens is 2. The first-order valence-electron chi connectivity index (χ1n) is 5.56. The molecule has 0 atom stereocenters. The number of carboxylic acid groups (broad SMARTS) is 1. The van der Waals surface area contributed by atoms with Crippen LogP contribution in [-0.4, -0.2) is 38.4 Å². The summed E-state index contributed by atoms with van der Waals surface area (Å²) in [5.41, 5.74) is -0.00850. The Morgan fingerprint density at radius 3 is 2.47 bits per heavy atom. The van der Waals surface area contributed by atoms with Crippen LogP contribution in [0, 0.1) is 11.6 Å². The summed E-state index contributed by atoms with van der Waals surface area (Å²) in [6, 6.07) is 2.17. The number of methoxy groups -OCH3 is 1. The summed E-state index contributed by atoms with van der Waals surface area (Å²) in [5, 5.41) is 8.46. The average Bonchev–Trinajstić information content (AvgIpc) is 2.33. The van der Waals surface area contributed by atoms with E-state index < -0.39 is 17.6 Å². The van der Waals surface area contributed by atoms with Gasteiger partial charge in [0.1, 0.15) is 17.3 Å². The van der Waals surface area contributed by atoms with Crippen LogP contribution in [0.5, 0.6) is 0 Å². The van der Waals surface area contributed by atoms with Crippen LogP contribution in [0.4, 0.5) is 14.5 Å². The average molecular weight is 271 g/mol. The third-order valence-electron chi connectivity index (χ3n) is 2.47. The van der Waals surface area contributed by atoms with Crippen LogP contribution >= 0.6 is 0 Å². The number of carboxylic acids is 1. The number of nitrogens with zero attached hydrogens (tertiary/aromatic N) is 1. The van der Waals surface area contributed by atoms with Crippen molar-refractivity contribution in [3.8, 4) is 0 Å². The monoisotopic (exact) mass is 271 g/mol. The van der Waals surface area contributed by atoms with Crippen LogP contribution in [0.15, 0.2) is 18.2 Å². The molecule has 0 heterocycles. The highest BCUT2D eigenvalue weighted by Crippen LogP contribution is 2.24. The maximum atomic E-state index is 13.8. The van der Waals surface area contributed by atoms with E-state index in [1.165, 1.54) is 12.0 Å². The van der Waals surface area contributed by atoms with E-state index >= 15 is 0 Å². The van der Waals surface area contributed by atoms with Gasteiger partial charge in [-0.15, -0.1) is 0 Å². The van der Waals surface area contributed by atoms with Crippen LogP contribution in [0.25, 0.3) is 6.08 Å². The van der Waals surface area contributed by atoms with Crippen molar-refractivity contribution in [2.75, 3.05) is 32.2 Å². The molecule has 0 bridgehead atoms. The molecule has 0 saturated heterocycles. The number of ether oxygens (including phenoxy) is 1. The third kappa shape index (κ3) is 4.33. The second-order valence-corrected chi connectivity index (χ2v) is 3.92. The number of hydrogen-bond donors (Lipinski definition) is 1. The second kappa shape index (κ2) is 6.84. The Kier molecular flexibility index (Phi) is 5.44. The van der Waals surface area contributed by atoms with Gasteiger partial charge in [-0.05, 0) is 23.8 Å². The van der Waals surface area contributed by atoms with Crippen molar-refractivity contribution in [1.29, 1.82) is 0 Å². The highest BCUT2D eigenvalue weighted by molar-refractivity contribution is 5.85. The predicted octanol–water partition coefficient (Wildman–Crippen LogP) is 2.15. The Labute approximate surface area is 109 Å². The van der Waals surface area contributed by atoms with E-state index in [0.717, 1.165) is 24.3 Å². The van der Waals surface area contributed by atoms with Gasteiger partial charge < -0.3 is 14.7 Å². The van der Waals surface area contributed by atoms with Gasteiger partial charge in [0.15, 0.2) is 0 Å². The molecular formula is C13H15F2NO3. The molecule has 0 aromatic heterocycles. The van der Waals surface area contributed by atoms with Crippen molar-refractivity contribution in [3.05, 3.63) is 35.4 Å². The van der Waals surface area contributed by atoms with Gasteiger partial charge in [-0.2, -0.15) is 0 Å². The van der Waals surface area contributed by atoms with Crippen molar-refractivity contribution < 1.29 is 23.4 Å². The lowest BCUT2D eigenvalue weighted by Gasteiger charge is -2.20. The smallest absolute Gasteiger partial charge is 0.328 e. The molecule has 104 valence electrons. The topological polar surface area (TPSA) is 49.8 Å². The Hall–Kier alpha value is -1.95. The van der Waals surface area contributed by atoms with E-state index in [4.69, 9.17) is 9.84 Å². The van der Waals surface area contributed by atoms with E-state index in [-0.39, 0.29) is 11.3 Å². The van der Waals surface area contributed by atoms with Crippen molar-refractivity contribution in [3.63, 3.8) is 0 Å². The predicted molar refractivity (Wildman–Crippen MR) is 68.2 cm³/mol. The molecule has 0 saturated carbocycles. The molecule has 1 rings (SSSR count). The minimum atomic E-state index is -1.18. The standard InChI is InChI=1S/C13H15F2NO3/c1-16(5-6-19-2)13-10(14)7-9(8-11(13)15)3-4-12(17)18/h3-4,7-8H,5-6H2,1-2H3,(H,17,18). The van der Waals surface area contributed by atoms with Gasteiger partial charge in [0.2, 0.25) is 0 Å². The van der Waals surface area contributed by atoms with Gasteiger partial charge in [0, 0.05) is 26.8 Å². The molecule has 0 radical (unpaired) electrons. The lowest BCUT2D eigenvalue weighted by Crippen LogP contribution is -2.24. The van der Waals surface area contributed by atoms with E-state index in [1.807, 2.05) is 0 Å². The second-order valence-electron chi connectivity index (χ2n) is 3.92. The van der Waals surface area contributed by atoms with Crippen molar-refractivity contribution >= 4 is 17.7 Å². The zero-order valence-corrected chi connectivity index (χ0v) is 10.7. The molecule has 1 aromatic rings. The molecule has 0 fully saturated rings. The maximum Gasteiger partial charge on any atom is 0.328 e. The zero-order chi connectivity index (χ0) is 14.4. The molecule has 4 nitrogen and oxygen atoms in total. The summed E-state index contributed by atoms with van der Waals surface area (Å²) in [7, 11) is 3.05. The number of benzene rings is 1. The van der Waals surface area contributed by atoms with E-state index in [2.05, 4.69) is 0 Å². The number of anilines is 1. The molecule has 1 N–H and O–H groups in total.